The number of rotatable bonds is 9. The van der Waals surface area contributed by atoms with Gasteiger partial charge in [0.15, 0.2) is 11.4 Å². The highest BCUT2D eigenvalue weighted by Gasteiger charge is 2.19. The van der Waals surface area contributed by atoms with Crippen LogP contribution in [0.4, 0.5) is 5.69 Å². The van der Waals surface area contributed by atoms with Gasteiger partial charge >= 0.3 is 0 Å². The first-order chi connectivity index (χ1) is 15.8. The van der Waals surface area contributed by atoms with Crippen molar-refractivity contribution < 1.29 is 14.3 Å². The number of benzene rings is 2. The number of nitrogens with one attached hydrogen (secondary N) is 2. The zero-order valence-electron chi connectivity index (χ0n) is 18.1. The zero-order valence-corrected chi connectivity index (χ0v) is 20.4. The van der Waals surface area contributed by atoms with E-state index < -0.39 is 0 Å². The summed E-state index contributed by atoms with van der Waals surface area (Å²) < 4.78 is 7.34. The minimum Gasteiger partial charge on any atom is -0.486 e. The third-order valence-corrected chi connectivity index (χ3v) is 5.40. The number of carbonyl (C=O) groups is 2. The van der Waals surface area contributed by atoms with Gasteiger partial charge in [-0.1, -0.05) is 53.9 Å². The number of nitrogens with zero attached hydrogens (tertiary/aromatic N) is 2. The Labute approximate surface area is 207 Å². The Hall–Kier alpha value is -2.74. The van der Waals surface area contributed by atoms with Crippen molar-refractivity contribution in [1.29, 1.82) is 0 Å². The molecule has 33 heavy (non-hydrogen) atoms. The van der Waals surface area contributed by atoms with Gasteiger partial charge in [0, 0.05) is 29.9 Å². The molecule has 0 aliphatic carbocycles. The molecular formula is C23H23Cl3N4O3. The highest BCUT2D eigenvalue weighted by Crippen LogP contribution is 2.36. The first-order valence-electron chi connectivity index (χ1n) is 10.4. The van der Waals surface area contributed by atoms with E-state index in [0.29, 0.717) is 45.2 Å². The standard InChI is InChI=1S/C23H23Cl3N4O3/c1-3-8-27-23(32)20-19(12-30(4-2)29-20)28-22(31)15-7-5-6-14(9-15)13-33-21-17(25)10-16(24)11-18(21)26/h5-7,9-12H,3-4,8,13H2,1-2H3,(H,27,32)(H,28,31). The minimum atomic E-state index is -0.375. The quantitative estimate of drug-likeness (QED) is 0.380. The van der Waals surface area contributed by atoms with Gasteiger partial charge in [0.25, 0.3) is 11.8 Å². The Morgan fingerprint density at radius 3 is 2.45 bits per heavy atom. The van der Waals surface area contributed by atoms with Crippen LogP contribution in [-0.2, 0) is 13.2 Å². The average molecular weight is 510 g/mol. The summed E-state index contributed by atoms with van der Waals surface area (Å²) in [7, 11) is 0. The highest BCUT2D eigenvalue weighted by molar-refractivity contribution is 6.40. The Kier molecular flexibility index (Phi) is 8.61. The summed E-state index contributed by atoms with van der Waals surface area (Å²) in [5.41, 5.74) is 1.64. The van der Waals surface area contributed by atoms with Crippen LogP contribution in [-0.4, -0.2) is 28.1 Å². The number of hydrogen-bond donors (Lipinski definition) is 2. The van der Waals surface area contributed by atoms with Crippen LogP contribution in [0.15, 0.2) is 42.6 Å². The van der Waals surface area contributed by atoms with Gasteiger partial charge in [-0.15, -0.1) is 0 Å². The van der Waals surface area contributed by atoms with Gasteiger partial charge in [-0.3, -0.25) is 14.3 Å². The Balaban J connectivity index is 1.74. The van der Waals surface area contributed by atoms with Crippen LogP contribution < -0.4 is 15.4 Å². The van der Waals surface area contributed by atoms with Crippen molar-refractivity contribution in [2.24, 2.45) is 0 Å². The molecule has 2 aromatic carbocycles. The summed E-state index contributed by atoms with van der Waals surface area (Å²) >= 11 is 18.2. The maximum atomic E-state index is 12.9. The summed E-state index contributed by atoms with van der Waals surface area (Å²) in [6.07, 6.45) is 2.43. The smallest absolute Gasteiger partial charge is 0.273 e. The molecule has 0 spiro atoms. The Morgan fingerprint density at radius 2 is 1.79 bits per heavy atom. The second-order valence-electron chi connectivity index (χ2n) is 7.14. The molecule has 174 valence electrons. The van der Waals surface area contributed by atoms with Gasteiger partial charge in [0.2, 0.25) is 0 Å². The van der Waals surface area contributed by atoms with Crippen LogP contribution >= 0.6 is 34.8 Å². The molecule has 1 heterocycles. The molecule has 3 rings (SSSR count). The number of ether oxygens (including phenoxy) is 1. The van der Waals surface area contributed by atoms with E-state index in [1.54, 1.807) is 41.2 Å². The molecule has 0 unspecified atom stereocenters. The van der Waals surface area contributed by atoms with Gasteiger partial charge in [0.1, 0.15) is 6.61 Å². The van der Waals surface area contributed by atoms with E-state index >= 15 is 0 Å². The first kappa shape index (κ1) is 24.9. The number of halogens is 3. The van der Waals surface area contributed by atoms with Crippen LogP contribution in [0.1, 0.15) is 46.7 Å². The van der Waals surface area contributed by atoms with E-state index in [9.17, 15) is 9.59 Å². The van der Waals surface area contributed by atoms with Gasteiger partial charge < -0.3 is 15.4 Å². The maximum absolute atomic E-state index is 12.9. The predicted octanol–water partition coefficient (Wildman–Crippen LogP) is 5.83. The average Bonchev–Trinajstić information content (AvgIpc) is 3.20. The molecule has 0 fully saturated rings. The van der Waals surface area contributed by atoms with Gasteiger partial charge in [-0.25, -0.2) is 0 Å². The van der Waals surface area contributed by atoms with E-state index in [-0.39, 0.29) is 24.1 Å². The van der Waals surface area contributed by atoms with Crippen molar-refractivity contribution in [3.05, 3.63) is 74.5 Å². The van der Waals surface area contributed by atoms with Crippen molar-refractivity contribution in [2.45, 2.75) is 33.4 Å². The number of aryl methyl sites for hydroxylation is 1. The second kappa shape index (κ2) is 11.4. The third kappa shape index (κ3) is 6.41. The molecule has 0 saturated heterocycles. The fourth-order valence-corrected chi connectivity index (χ4v) is 3.91. The SMILES string of the molecule is CCCNC(=O)c1nn(CC)cc1NC(=O)c1cccc(COc2c(Cl)cc(Cl)cc2Cl)c1. The number of carbonyl (C=O) groups excluding carboxylic acids is 2. The molecule has 0 aliphatic rings. The van der Waals surface area contributed by atoms with Gasteiger partial charge in [-0.05, 0) is 43.2 Å². The number of aromatic nitrogens is 2. The molecule has 3 aromatic rings. The molecule has 0 bridgehead atoms. The number of amides is 2. The van der Waals surface area contributed by atoms with Crippen LogP contribution in [0.2, 0.25) is 15.1 Å². The minimum absolute atomic E-state index is 0.140. The first-order valence-corrected chi connectivity index (χ1v) is 11.5. The third-order valence-electron chi connectivity index (χ3n) is 4.62. The number of hydrogen-bond acceptors (Lipinski definition) is 4. The Bertz CT molecular complexity index is 1140. The Morgan fingerprint density at radius 1 is 1.06 bits per heavy atom. The summed E-state index contributed by atoms with van der Waals surface area (Å²) in [5, 5.41) is 10.8. The molecule has 2 N–H and O–H groups in total. The lowest BCUT2D eigenvalue weighted by Crippen LogP contribution is -2.26. The van der Waals surface area contributed by atoms with Crippen LogP contribution in [0, 0.1) is 0 Å². The van der Waals surface area contributed by atoms with Crippen molar-refractivity contribution in [2.75, 3.05) is 11.9 Å². The molecule has 7 nitrogen and oxygen atoms in total. The van der Waals surface area contributed by atoms with Crippen molar-refractivity contribution in [3.8, 4) is 5.75 Å². The lowest BCUT2D eigenvalue weighted by molar-refractivity contribution is 0.0948. The van der Waals surface area contributed by atoms with E-state index in [4.69, 9.17) is 39.5 Å². The monoisotopic (exact) mass is 508 g/mol. The normalized spacial score (nSPS) is 10.7. The van der Waals surface area contributed by atoms with E-state index in [1.165, 1.54) is 0 Å². The molecule has 10 heteroatoms. The lowest BCUT2D eigenvalue weighted by atomic mass is 10.1. The maximum Gasteiger partial charge on any atom is 0.273 e. The second-order valence-corrected chi connectivity index (χ2v) is 8.40. The van der Waals surface area contributed by atoms with E-state index in [0.717, 1.165) is 12.0 Å². The summed E-state index contributed by atoms with van der Waals surface area (Å²) in [4.78, 5) is 25.3. The fraction of sp³-hybridized carbons (Fsp3) is 0.261. The van der Waals surface area contributed by atoms with Crippen LogP contribution in [0.5, 0.6) is 5.75 Å². The number of anilines is 1. The lowest BCUT2D eigenvalue weighted by Gasteiger charge is -2.11. The van der Waals surface area contributed by atoms with Crippen LogP contribution in [0.25, 0.3) is 0 Å². The van der Waals surface area contributed by atoms with Crippen molar-refractivity contribution >= 4 is 52.3 Å². The molecule has 2 amide bonds. The predicted molar refractivity (Wildman–Crippen MR) is 131 cm³/mol. The van der Waals surface area contributed by atoms with Gasteiger partial charge in [-0.2, -0.15) is 5.10 Å². The molecule has 0 saturated carbocycles. The van der Waals surface area contributed by atoms with Crippen molar-refractivity contribution in [1.82, 2.24) is 15.1 Å². The molecule has 1 aromatic heterocycles. The topological polar surface area (TPSA) is 85.3 Å². The summed E-state index contributed by atoms with van der Waals surface area (Å²) in [6, 6.07) is 9.99. The molecule has 0 aliphatic heterocycles. The molecular weight excluding hydrogens is 487 g/mol. The fourth-order valence-electron chi connectivity index (χ4n) is 2.98. The van der Waals surface area contributed by atoms with E-state index in [1.807, 2.05) is 19.9 Å². The largest absolute Gasteiger partial charge is 0.486 e. The molecule has 0 atom stereocenters. The zero-order chi connectivity index (χ0) is 24.0. The van der Waals surface area contributed by atoms with E-state index in [2.05, 4.69) is 15.7 Å². The van der Waals surface area contributed by atoms with Gasteiger partial charge in [0.05, 0.1) is 15.7 Å². The summed E-state index contributed by atoms with van der Waals surface area (Å²) in [6.45, 7) is 5.08. The van der Waals surface area contributed by atoms with Crippen LogP contribution in [0.3, 0.4) is 0 Å². The summed E-state index contributed by atoms with van der Waals surface area (Å²) in [5.74, 6) is -0.398. The molecule has 0 radical (unpaired) electrons. The van der Waals surface area contributed by atoms with Crippen molar-refractivity contribution in [3.63, 3.8) is 0 Å². The highest BCUT2D eigenvalue weighted by atomic mass is 35.5.